The zero-order valence-corrected chi connectivity index (χ0v) is 21.4. The lowest BCUT2D eigenvalue weighted by Crippen LogP contribution is -2.58. The molecule has 200 valence electrons. The normalized spacial score (nSPS) is 33.4. The lowest BCUT2D eigenvalue weighted by molar-refractivity contribution is -0.163. The molecule has 4 aliphatic rings. The van der Waals surface area contributed by atoms with Crippen molar-refractivity contribution in [2.45, 2.75) is 56.6 Å². The van der Waals surface area contributed by atoms with Crippen LogP contribution in [0.3, 0.4) is 0 Å². The van der Waals surface area contributed by atoms with Crippen LogP contribution in [0.1, 0.15) is 26.7 Å². The Bertz CT molecular complexity index is 1350. The second-order valence-corrected chi connectivity index (χ2v) is 10.4. The summed E-state index contributed by atoms with van der Waals surface area (Å²) in [5.41, 5.74) is -1.01. The highest BCUT2D eigenvalue weighted by Crippen LogP contribution is 2.58. The van der Waals surface area contributed by atoms with Crippen molar-refractivity contribution in [1.82, 2.24) is 24.8 Å². The Hall–Kier alpha value is -3.57. The van der Waals surface area contributed by atoms with Gasteiger partial charge < -0.3 is 24.4 Å². The van der Waals surface area contributed by atoms with Crippen molar-refractivity contribution in [3.05, 3.63) is 48.6 Å². The molecule has 11 heteroatoms. The fourth-order valence-corrected chi connectivity index (χ4v) is 6.59. The summed E-state index contributed by atoms with van der Waals surface area (Å²) in [7, 11) is 0. The Balaban J connectivity index is 1.46. The standard InChI is InChI=1S/C27H31N5O6/c1-3-26-11-6-7-14-37-25(36)21(26)20-23(34)32(17(2)15-33)22-24(35)30(13-8-12-27(20,22)38-26)16-31-19-10-5-4-9-18(19)28-29-31/h4-6,8-12,17,20-22,33H,3,7,13-16H2,1-2H3/t17-,20+,21+,22?,26-,27+/m1/s1. The summed E-state index contributed by atoms with van der Waals surface area (Å²) < 4.78 is 14.0. The van der Waals surface area contributed by atoms with Gasteiger partial charge in [-0.2, -0.15) is 0 Å². The molecule has 0 aliphatic carbocycles. The highest BCUT2D eigenvalue weighted by molar-refractivity contribution is 5.99. The van der Waals surface area contributed by atoms with E-state index in [2.05, 4.69) is 10.3 Å². The number of fused-ring (bicyclic) bond motifs is 3. The van der Waals surface area contributed by atoms with Gasteiger partial charge in [0.2, 0.25) is 5.91 Å². The minimum absolute atomic E-state index is 0.112. The van der Waals surface area contributed by atoms with E-state index in [4.69, 9.17) is 9.47 Å². The lowest BCUT2D eigenvalue weighted by Gasteiger charge is -2.40. The summed E-state index contributed by atoms with van der Waals surface area (Å²) in [4.78, 5) is 44.9. The summed E-state index contributed by atoms with van der Waals surface area (Å²) in [5.74, 6) is -3.13. The maximum Gasteiger partial charge on any atom is 0.313 e. The Morgan fingerprint density at radius 3 is 2.74 bits per heavy atom. The molecule has 0 bridgehead atoms. The van der Waals surface area contributed by atoms with Gasteiger partial charge in [0, 0.05) is 6.54 Å². The zero-order valence-electron chi connectivity index (χ0n) is 21.4. The smallest absolute Gasteiger partial charge is 0.313 e. The van der Waals surface area contributed by atoms with E-state index in [1.807, 2.05) is 49.4 Å². The highest BCUT2D eigenvalue weighted by Gasteiger charge is 2.75. The molecule has 2 aromatic rings. The molecule has 6 rings (SSSR count). The van der Waals surface area contributed by atoms with Crippen LogP contribution in [-0.2, 0) is 30.5 Å². The topological polar surface area (TPSA) is 127 Å². The van der Waals surface area contributed by atoms with Crippen molar-refractivity contribution >= 4 is 28.8 Å². The first-order chi connectivity index (χ1) is 18.4. The second kappa shape index (κ2) is 9.02. The number of aliphatic hydroxyl groups excluding tert-OH is 1. The van der Waals surface area contributed by atoms with Crippen LogP contribution in [0.4, 0.5) is 0 Å². The van der Waals surface area contributed by atoms with Crippen LogP contribution in [-0.4, -0.2) is 90.7 Å². The maximum absolute atomic E-state index is 14.4. The largest absolute Gasteiger partial charge is 0.465 e. The molecule has 38 heavy (non-hydrogen) atoms. The highest BCUT2D eigenvalue weighted by atomic mass is 16.6. The molecule has 1 aromatic heterocycles. The van der Waals surface area contributed by atoms with E-state index in [0.29, 0.717) is 18.4 Å². The van der Waals surface area contributed by atoms with Crippen LogP contribution in [0.25, 0.3) is 11.0 Å². The van der Waals surface area contributed by atoms with Crippen LogP contribution in [0, 0.1) is 11.8 Å². The quantitative estimate of drug-likeness (QED) is 0.457. The van der Waals surface area contributed by atoms with Gasteiger partial charge >= 0.3 is 5.97 Å². The molecule has 4 aliphatic heterocycles. The number of benzene rings is 1. The number of carbonyl (C=O) groups excluding carboxylic acids is 3. The minimum Gasteiger partial charge on any atom is -0.465 e. The van der Waals surface area contributed by atoms with E-state index in [0.717, 1.165) is 5.52 Å². The van der Waals surface area contributed by atoms with Gasteiger partial charge in [-0.1, -0.05) is 48.6 Å². The molecule has 2 amide bonds. The third kappa shape index (κ3) is 3.37. The lowest BCUT2D eigenvalue weighted by atomic mass is 9.73. The number of nitrogens with zero attached hydrogens (tertiary/aromatic N) is 5. The summed E-state index contributed by atoms with van der Waals surface area (Å²) in [6, 6.07) is 5.73. The minimum atomic E-state index is -1.40. The van der Waals surface area contributed by atoms with Crippen LogP contribution in [0.15, 0.2) is 48.6 Å². The molecule has 6 atom stereocenters. The van der Waals surface area contributed by atoms with Gasteiger partial charge in [-0.3, -0.25) is 14.4 Å². The number of cyclic esters (lactones) is 1. The summed E-state index contributed by atoms with van der Waals surface area (Å²) in [6.07, 6.45) is 8.36. The molecule has 0 radical (unpaired) electrons. The number of carbonyl (C=O) groups is 3. The Morgan fingerprint density at radius 1 is 1.13 bits per heavy atom. The number of esters is 1. The van der Waals surface area contributed by atoms with E-state index < -0.39 is 47.0 Å². The van der Waals surface area contributed by atoms with Gasteiger partial charge in [-0.25, -0.2) is 4.68 Å². The molecule has 2 saturated heterocycles. The van der Waals surface area contributed by atoms with Crippen LogP contribution in [0.5, 0.6) is 0 Å². The average molecular weight is 522 g/mol. The number of hydrogen-bond acceptors (Lipinski definition) is 8. The Morgan fingerprint density at radius 2 is 1.95 bits per heavy atom. The molecule has 1 N–H and O–H groups in total. The zero-order chi connectivity index (χ0) is 26.7. The number of para-hydroxylation sites is 1. The number of ether oxygens (including phenoxy) is 2. The molecule has 5 heterocycles. The fourth-order valence-electron chi connectivity index (χ4n) is 6.59. The molecule has 11 nitrogen and oxygen atoms in total. The third-order valence-corrected chi connectivity index (χ3v) is 8.39. The van der Waals surface area contributed by atoms with E-state index in [1.54, 1.807) is 22.6 Å². The van der Waals surface area contributed by atoms with Gasteiger partial charge in [0.15, 0.2) is 0 Å². The van der Waals surface area contributed by atoms with E-state index in [9.17, 15) is 19.5 Å². The Labute approximate surface area is 219 Å². The third-order valence-electron chi connectivity index (χ3n) is 8.39. The van der Waals surface area contributed by atoms with Gasteiger partial charge in [0.05, 0.1) is 30.7 Å². The van der Waals surface area contributed by atoms with Crippen molar-refractivity contribution in [2.24, 2.45) is 11.8 Å². The molecular weight excluding hydrogens is 490 g/mol. The van der Waals surface area contributed by atoms with Crippen molar-refractivity contribution in [3.8, 4) is 0 Å². The number of likely N-dealkylation sites (tertiary alicyclic amines) is 1. The summed E-state index contributed by atoms with van der Waals surface area (Å²) in [6.45, 7) is 3.83. The fraction of sp³-hybridized carbons (Fsp3) is 0.519. The second-order valence-electron chi connectivity index (χ2n) is 10.4. The average Bonchev–Trinajstić information content (AvgIpc) is 3.49. The number of hydrogen-bond donors (Lipinski definition) is 1. The van der Waals surface area contributed by atoms with Crippen LogP contribution in [0.2, 0.25) is 0 Å². The molecule has 0 saturated carbocycles. The Kier molecular flexibility index (Phi) is 5.88. The van der Waals surface area contributed by atoms with Crippen molar-refractivity contribution in [2.75, 3.05) is 19.8 Å². The molecule has 1 unspecified atom stereocenters. The van der Waals surface area contributed by atoms with Crippen LogP contribution < -0.4 is 0 Å². The summed E-state index contributed by atoms with van der Waals surface area (Å²) in [5, 5.41) is 18.5. The van der Waals surface area contributed by atoms with Gasteiger partial charge in [-0.15, -0.1) is 5.10 Å². The number of aromatic nitrogens is 3. The maximum atomic E-state index is 14.4. The number of aliphatic hydroxyl groups is 1. The summed E-state index contributed by atoms with van der Waals surface area (Å²) >= 11 is 0. The first-order valence-electron chi connectivity index (χ1n) is 13.1. The predicted molar refractivity (Wildman–Crippen MR) is 134 cm³/mol. The van der Waals surface area contributed by atoms with E-state index >= 15 is 0 Å². The van der Waals surface area contributed by atoms with E-state index in [1.165, 1.54) is 4.90 Å². The number of amides is 2. The molecule has 2 fully saturated rings. The van der Waals surface area contributed by atoms with Gasteiger partial charge in [0.25, 0.3) is 5.91 Å². The van der Waals surface area contributed by atoms with Gasteiger partial charge in [0.1, 0.15) is 35.3 Å². The van der Waals surface area contributed by atoms with Crippen molar-refractivity contribution < 1.29 is 29.0 Å². The van der Waals surface area contributed by atoms with Crippen LogP contribution >= 0.6 is 0 Å². The molecule has 1 aromatic carbocycles. The molecule has 1 spiro atoms. The van der Waals surface area contributed by atoms with Crippen molar-refractivity contribution in [3.63, 3.8) is 0 Å². The SMILES string of the molecule is CC[C@@]12C=CCCOC(=O)[C@@H]1[C@H]1C(=O)N([C@H](C)CO)C3C(=O)N(Cn4nnc5ccccc54)CC=C[C@@]31O2. The molecular formula is C27H31N5O6. The van der Waals surface area contributed by atoms with Gasteiger partial charge in [-0.05, 0) is 31.9 Å². The van der Waals surface area contributed by atoms with E-state index in [-0.39, 0.29) is 32.3 Å². The van der Waals surface area contributed by atoms with Crippen molar-refractivity contribution in [1.29, 1.82) is 0 Å². The number of rotatable bonds is 5. The predicted octanol–water partition coefficient (Wildman–Crippen LogP) is 1.03. The monoisotopic (exact) mass is 521 g/mol. The first-order valence-corrected chi connectivity index (χ1v) is 13.1. The first kappa shape index (κ1) is 24.7.